The Morgan fingerprint density at radius 1 is 1.42 bits per heavy atom. The summed E-state index contributed by atoms with van der Waals surface area (Å²) in [6, 6.07) is 7.98. The van der Waals surface area contributed by atoms with Gasteiger partial charge in [0.05, 0.1) is 7.11 Å². The van der Waals surface area contributed by atoms with Gasteiger partial charge in [0.15, 0.2) is 0 Å². The van der Waals surface area contributed by atoms with E-state index in [4.69, 9.17) is 4.74 Å². The third kappa shape index (κ3) is 4.91. The van der Waals surface area contributed by atoms with E-state index in [0.29, 0.717) is 13.0 Å². The summed E-state index contributed by atoms with van der Waals surface area (Å²) in [7, 11) is 3.47. The molecular formula is C15H24N2O2. The fourth-order valence-electron chi connectivity index (χ4n) is 2.02. The van der Waals surface area contributed by atoms with Gasteiger partial charge in [0.2, 0.25) is 5.91 Å². The van der Waals surface area contributed by atoms with E-state index in [1.54, 1.807) is 12.0 Å². The second-order valence-electron chi connectivity index (χ2n) is 4.72. The van der Waals surface area contributed by atoms with Gasteiger partial charge in [0.1, 0.15) is 5.75 Å². The summed E-state index contributed by atoms with van der Waals surface area (Å²) in [5.74, 6) is 0.959. The number of ether oxygens (including phenoxy) is 1. The lowest BCUT2D eigenvalue weighted by atomic mass is 10.1. The summed E-state index contributed by atoms with van der Waals surface area (Å²) in [6.45, 7) is 5.52. The zero-order chi connectivity index (χ0) is 14.3. The summed E-state index contributed by atoms with van der Waals surface area (Å²) < 4.78 is 5.30. The average molecular weight is 264 g/mol. The molecule has 1 amide bonds. The van der Waals surface area contributed by atoms with Crippen molar-refractivity contribution in [1.29, 1.82) is 0 Å². The van der Waals surface area contributed by atoms with Gasteiger partial charge in [0, 0.05) is 31.6 Å². The molecule has 1 unspecified atom stereocenters. The highest BCUT2D eigenvalue weighted by Crippen LogP contribution is 2.19. The van der Waals surface area contributed by atoms with Gasteiger partial charge in [-0.25, -0.2) is 0 Å². The zero-order valence-electron chi connectivity index (χ0n) is 12.3. The molecule has 0 saturated carbocycles. The molecule has 0 spiro atoms. The van der Waals surface area contributed by atoms with E-state index < -0.39 is 0 Å². The number of nitrogens with zero attached hydrogens (tertiary/aromatic N) is 1. The normalized spacial score (nSPS) is 12.0. The SMILES string of the molecule is CCNC(C)CC(=O)N(C)Cc1ccccc1OC. The minimum Gasteiger partial charge on any atom is -0.496 e. The van der Waals surface area contributed by atoms with Crippen LogP contribution in [0.2, 0.25) is 0 Å². The first-order valence-electron chi connectivity index (χ1n) is 6.67. The molecule has 0 fully saturated rings. The maximum atomic E-state index is 12.1. The molecule has 0 radical (unpaired) electrons. The van der Waals surface area contributed by atoms with Crippen molar-refractivity contribution in [3.05, 3.63) is 29.8 Å². The Labute approximate surface area is 115 Å². The van der Waals surface area contributed by atoms with Crippen molar-refractivity contribution in [3.8, 4) is 5.75 Å². The lowest BCUT2D eigenvalue weighted by Gasteiger charge is -2.21. The molecule has 106 valence electrons. The van der Waals surface area contributed by atoms with E-state index in [1.807, 2.05) is 45.2 Å². The minimum absolute atomic E-state index is 0.138. The van der Waals surface area contributed by atoms with Crippen molar-refractivity contribution < 1.29 is 9.53 Å². The lowest BCUT2D eigenvalue weighted by Crippen LogP contribution is -2.34. The van der Waals surface area contributed by atoms with Gasteiger partial charge in [-0.05, 0) is 19.5 Å². The molecule has 1 rings (SSSR count). The highest BCUT2D eigenvalue weighted by atomic mass is 16.5. The zero-order valence-corrected chi connectivity index (χ0v) is 12.3. The second kappa shape index (κ2) is 7.79. The fraction of sp³-hybridized carbons (Fsp3) is 0.533. The van der Waals surface area contributed by atoms with Gasteiger partial charge in [-0.3, -0.25) is 4.79 Å². The molecule has 1 aromatic carbocycles. The van der Waals surface area contributed by atoms with E-state index in [1.165, 1.54) is 0 Å². The predicted octanol–water partition coefficient (Wildman–Crippen LogP) is 2.04. The lowest BCUT2D eigenvalue weighted by molar-refractivity contribution is -0.130. The third-order valence-electron chi connectivity index (χ3n) is 3.06. The molecule has 4 heteroatoms. The number of methoxy groups -OCH3 is 1. The van der Waals surface area contributed by atoms with E-state index in [9.17, 15) is 4.79 Å². The first-order valence-corrected chi connectivity index (χ1v) is 6.67. The molecule has 4 nitrogen and oxygen atoms in total. The number of para-hydroxylation sites is 1. The van der Waals surface area contributed by atoms with Gasteiger partial charge in [0.25, 0.3) is 0 Å². The van der Waals surface area contributed by atoms with Crippen molar-refractivity contribution >= 4 is 5.91 Å². The number of amides is 1. The maximum Gasteiger partial charge on any atom is 0.224 e. The van der Waals surface area contributed by atoms with E-state index in [0.717, 1.165) is 17.9 Å². The van der Waals surface area contributed by atoms with Crippen LogP contribution in [0.4, 0.5) is 0 Å². The van der Waals surface area contributed by atoms with Crippen LogP contribution in [0, 0.1) is 0 Å². The van der Waals surface area contributed by atoms with Crippen LogP contribution in [0.25, 0.3) is 0 Å². The molecule has 0 bridgehead atoms. The van der Waals surface area contributed by atoms with Crippen molar-refractivity contribution in [1.82, 2.24) is 10.2 Å². The number of hydrogen-bond donors (Lipinski definition) is 1. The highest BCUT2D eigenvalue weighted by Gasteiger charge is 2.14. The summed E-state index contributed by atoms with van der Waals surface area (Å²) in [5.41, 5.74) is 1.02. The van der Waals surface area contributed by atoms with Gasteiger partial charge in [-0.1, -0.05) is 25.1 Å². The number of nitrogens with one attached hydrogen (secondary N) is 1. The molecule has 0 heterocycles. The summed E-state index contributed by atoms with van der Waals surface area (Å²) in [4.78, 5) is 13.8. The van der Waals surface area contributed by atoms with Crippen LogP contribution in [0.15, 0.2) is 24.3 Å². The number of hydrogen-bond acceptors (Lipinski definition) is 3. The van der Waals surface area contributed by atoms with Crippen LogP contribution in [0.1, 0.15) is 25.8 Å². The largest absolute Gasteiger partial charge is 0.496 e. The maximum absolute atomic E-state index is 12.1. The van der Waals surface area contributed by atoms with Gasteiger partial charge in [-0.15, -0.1) is 0 Å². The molecule has 1 atom stereocenters. The van der Waals surface area contributed by atoms with Crippen LogP contribution < -0.4 is 10.1 Å². The molecule has 0 saturated heterocycles. The van der Waals surface area contributed by atoms with Crippen LogP contribution >= 0.6 is 0 Å². The van der Waals surface area contributed by atoms with Gasteiger partial charge in [-0.2, -0.15) is 0 Å². The quantitative estimate of drug-likeness (QED) is 0.819. The monoisotopic (exact) mass is 264 g/mol. The third-order valence-corrected chi connectivity index (χ3v) is 3.06. The Bertz CT molecular complexity index is 407. The highest BCUT2D eigenvalue weighted by molar-refractivity contribution is 5.76. The number of carbonyl (C=O) groups is 1. The van der Waals surface area contributed by atoms with E-state index >= 15 is 0 Å². The molecule has 0 aliphatic heterocycles. The first-order chi connectivity index (χ1) is 9.08. The van der Waals surface area contributed by atoms with Crippen LogP contribution in [0.5, 0.6) is 5.75 Å². The van der Waals surface area contributed by atoms with Crippen molar-refractivity contribution in [3.63, 3.8) is 0 Å². The molecule has 0 aliphatic rings. The molecule has 1 aromatic rings. The average Bonchev–Trinajstić information content (AvgIpc) is 2.39. The van der Waals surface area contributed by atoms with E-state index in [-0.39, 0.29) is 11.9 Å². The van der Waals surface area contributed by atoms with Gasteiger partial charge < -0.3 is 15.0 Å². The molecule has 19 heavy (non-hydrogen) atoms. The smallest absolute Gasteiger partial charge is 0.224 e. The Balaban J connectivity index is 2.58. The molecule has 1 N–H and O–H groups in total. The Hall–Kier alpha value is -1.55. The Morgan fingerprint density at radius 3 is 2.74 bits per heavy atom. The predicted molar refractivity (Wildman–Crippen MR) is 77.2 cm³/mol. The Morgan fingerprint density at radius 2 is 2.11 bits per heavy atom. The van der Waals surface area contributed by atoms with Gasteiger partial charge >= 0.3 is 0 Å². The van der Waals surface area contributed by atoms with Crippen molar-refractivity contribution in [2.45, 2.75) is 32.9 Å². The molecular weight excluding hydrogens is 240 g/mol. The first kappa shape index (κ1) is 15.5. The molecule has 0 aliphatic carbocycles. The number of benzene rings is 1. The summed E-state index contributed by atoms with van der Waals surface area (Å²) >= 11 is 0. The standard InChI is InChI=1S/C15H24N2O2/c1-5-16-12(2)10-15(18)17(3)11-13-8-6-7-9-14(13)19-4/h6-9,12,16H,5,10-11H2,1-4H3. The van der Waals surface area contributed by atoms with Crippen molar-refractivity contribution in [2.24, 2.45) is 0 Å². The summed E-state index contributed by atoms with van der Waals surface area (Å²) in [6.07, 6.45) is 0.513. The number of carbonyl (C=O) groups excluding carboxylic acids is 1. The minimum atomic E-state index is 0.138. The molecule has 0 aromatic heterocycles. The van der Waals surface area contributed by atoms with E-state index in [2.05, 4.69) is 5.32 Å². The fourth-order valence-corrected chi connectivity index (χ4v) is 2.02. The topological polar surface area (TPSA) is 41.6 Å². The number of rotatable bonds is 7. The van der Waals surface area contributed by atoms with Crippen LogP contribution in [-0.4, -0.2) is 37.6 Å². The Kier molecular flexibility index (Phi) is 6.36. The summed E-state index contributed by atoms with van der Waals surface area (Å²) in [5, 5.41) is 3.25. The second-order valence-corrected chi connectivity index (χ2v) is 4.72. The van der Waals surface area contributed by atoms with Crippen molar-refractivity contribution in [2.75, 3.05) is 20.7 Å². The van der Waals surface area contributed by atoms with Crippen LogP contribution in [0.3, 0.4) is 0 Å². The van der Waals surface area contributed by atoms with Crippen LogP contribution in [-0.2, 0) is 11.3 Å².